The second kappa shape index (κ2) is 7.67. The molecule has 1 fully saturated rings. The zero-order valence-corrected chi connectivity index (χ0v) is 20.9. The van der Waals surface area contributed by atoms with Crippen LogP contribution in [0.25, 0.3) is 42.2 Å². The van der Waals surface area contributed by atoms with E-state index in [1.54, 1.807) is 0 Å². The molecule has 0 unspecified atom stereocenters. The first-order valence-corrected chi connectivity index (χ1v) is 12.9. The first-order valence-electron chi connectivity index (χ1n) is 12.6. The molecule has 1 saturated carbocycles. The lowest BCUT2D eigenvalue weighted by molar-refractivity contribution is -0.659. The Balaban J connectivity index is 1.48. The monoisotopic (exact) mass is 451 g/mol. The van der Waals surface area contributed by atoms with Gasteiger partial charge in [0.1, 0.15) is 7.05 Å². The van der Waals surface area contributed by atoms with Crippen LogP contribution in [0.5, 0.6) is 0 Å². The molecule has 5 aromatic rings. The van der Waals surface area contributed by atoms with Crippen LogP contribution in [0.3, 0.4) is 0 Å². The lowest BCUT2D eigenvalue weighted by Gasteiger charge is -2.34. The Morgan fingerprint density at radius 2 is 1.67 bits per heavy atom. The van der Waals surface area contributed by atoms with Crippen molar-refractivity contribution in [3.05, 3.63) is 78.0 Å². The number of hydrogen-bond donors (Lipinski definition) is 0. The van der Waals surface area contributed by atoms with E-state index in [1.807, 2.05) is 11.3 Å². The van der Waals surface area contributed by atoms with Crippen molar-refractivity contribution < 1.29 is 5.94 Å². The minimum atomic E-state index is -0.449. The molecule has 1 aliphatic carbocycles. The zero-order chi connectivity index (χ0) is 23.7. The number of rotatable bonds is 2. The lowest BCUT2D eigenvalue weighted by Crippen LogP contribution is -2.30. The molecule has 33 heavy (non-hydrogen) atoms. The number of pyridine rings is 1. The largest absolute Gasteiger partial charge is 0.213 e. The number of fused-ring (bicyclic) bond motifs is 4. The highest BCUT2D eigenvalue weighted by Crippen LogP contribution is 2.43. The molecule has 0 bridgehead atoms. The third kappa shape index (κ3) is 3.65. The Bertz CT molecular complexity index is 1570. The van der Waals surface area contributed by atoms with Gasteiger partial charge < -0.3 is 0 Å². The Hall–Kier alpha value is -2.71. The van der Waals surface area contributed by atoms with E-state index in [4.69, 9.17) is 0 Å². The summed E-state index contributed by atoms with van der Waals surface area (Å²) in [5.41, 5.74) is 5.39. The molecule has 2 heteroatoms. The molecule has 2 heterocycles. The number of hydrogen-bond acceptors (Lipinski definition) is 1. The molecule has 0 radical (unpaired) electrons. The van der Waals surface area contributed by atoms with E-state index in [2.05, 4.69) is 99.2 Å². The second-order valence-electron chi connectivity index (χ2n) is 10.6. The van der Waals surface area contributed by atoms with Crippen molar-refractivity contribution in [1.82, 2.24) is 0 Å². The summed E-state index contributed by atoms with van der Waals surface area (Å²) in [6, 6.07) is 22.4. The van der Waals surface area contributed by atoms with Crippen LogP contribution < -0.4 is 4.57 Å². The highest BCUT2D eigenvalue weighted by molar-refractivity contribution is 7.25. The maximum Gasteiger partial charge on any atom is 0.213 e. The quantitative estimate of drug-likeness (QED) is 0.236. The molecule has 0 aliphatic heterocycles. The highest BCUT2D eigenvalue weighted by Gasteiger charge is 2.27. The molecular formula is C31H32NS+. The van der Waals surface area contributed by atoms with Crippen LogP contribution in [-0.2, 0) is 7.05 Å². The third-order valence-electron chi connectivity index (χ3n) is 7.72. The maximum absolute atomic E-state index is 9.21. The maximum atomic E-state index is 9.21. The number of aromatic nitrogens is 1. The van der Waals surface area contributed by atoms with Gasteiger partial charge in [0.05, 0.1) is 4.70 Å². The number of thiophene rings is 1. The fraction of sp³-hybridized carbons (Fsp3) is 0.323. The fourth-order valence-corrected chi connectivity index (χ4v) is 6.66. The Morgan fingerprint density at radius 3 is 2.45 bits per heavy atom. The summed E-state index contributed by atoms with van der Waals surface area (Å²) >= 11 is 1.87. The van der Waals surface area contributed by atoms with Crippen molar-refractivity contribution in [2.45, 2.75) is 52.3 Å². The minimum Gasteiger partial charge on any atom is -0.200 e. The second-order valence-corrected chi connectivity index (χ2v) is 11.7. The fourth-order valence-electron chi connectivity index (χ4n) is 5.47. The van der Waals surface area contributed by atoms with E-state index in [1.165, 1.54) is 53.3 Å². The van der Waals surface area contributed by atoms with E-state index in [0.29, 0.717) is 5.41 Å². The van der Waals surface area contributed by atoms with Crippen molar-refractivity contribution in [3.63, 3.8) is 0 Å². The van der Waals surface area contributed by atoms with Gasteiger partial charge in [0, 0.05) is 28.5 Å². The average molecular weight is 452 g/mol. The van der Waals surface area contributed by atoms with Gasteiger partial charge in [-0.05, 0) is 84.0 Å². The molecule has 2 aromatic heterocycles. The van der Waals surface area contributed by atoms with Crippen LogP contribution in [0.15, 0.2) is 66.9 Å². The van der Waals surface area contributed by atoms with Gasteiger partial charge in [-0.3, -0.25) is 0 Å². The molecule has 1 nitrogen and oxygen atoms in total. The van der Waals surface area contributed by atoms with E-state index in [-0.39, 0.29) is 0 Å². The summed E-state index contributed by atoms with van der Waals surface area (Å²) in [6.07, 6.45) is 6.44. The van der Waals surface area contributed by atoms with Crippen LogP contribution in [-0.4, -0.2) is 0 Å². The average Bonchev–Trinajstić information content (AvgIpc) is 3.15. The predicted molar refractivity (Wildman–Crippen MR) is 143 cm³/mol. The summed E-state index contributed by atoms with van der Waals surface area (Å²) < 4.78 is 14.1. The van der Waals surface area contributed by atoms with E-state index >= 15 is 0 Å². The normalized spacial score (nSPS) is 18.1. The topological polar surface area (TPSA) is 3.88 Å². The number of aryl methyl sites for hydroxylation is 2. The van der Waals surface area contributed by atoms with Gasteiger partial charge in [0.25, 0.3) is 0 Å². The summed E-state index contributed by atoms with van der Waals surface area (Å²) in [6.45, 7) is 6.87. The van der Waals surface area contributed by atoms with Crippen LogP contribution in [0.4, 0.5) is 0 Å². The third-order valence-corrected chi connectivity index (χ3v) is 8.83. The Morgan fingerprint density at radius 1 is 0.909 bits per heavy atom. The highest BCUT2D eigenvalue weighted by atomic mass is 32.1. The van der Waals surface area contributed by atoms with Crippen LogP contribution >= 0.6 is 11.3 Å². The summed E-state index contributed by atoms with van der Waals surface area (Å²) in [7, 11) is 2.15. The van der Waals surface area contributed by atoms with Crippen molar-refractivity contribution >= 4 is 42.3 Å². The first-order chi connectivity index (χ1) is 16.2. The van der Waals surface area contributed by atoms with Gasteiger partial charge >= 0.3 is 0 Å². The Labute approximate surface area is 202 Å². The van der Waals surface area contributed by atoms with Crippen LogP contribution in [0.1, 0.15) is 57.9 Å². The molecule has 0 N–H and O–H groups in total. The van der Waals surface area contributed by atoms with E-state index in [0.717, 1.165) is 25.7 Å². The van der Waals surface area contributed by atoms with Crippen LogP contribution in [0, 0.1) is 12.3 Å². The summed E-state index contributed by atoms with van der Waals surface area (Å²) in [5, 5.41) is 5.18. The molecule has 3 aromatic carbocycles. The van der Waals surface area contributed by atoms with E-state index < -0.39 is 5.89 Å². The van der Waals surface area contributed by atoms with Crippen molar-refractivity contribution in [2.75, 3.05) is 0 Å². The van der Waals surface area contributed by atoms with Gasteiger partial charge in [0.2, 0.25) is 5.69 Å². The predicted octanol–water partition coefficient (Wildman–Crippen LogP) is 8.69. The molecule has 0 atom stereocenters. The van der Waals surface area contributed by atoms with E-state index in [9.17, 15) is 1.37 Å². The zero-order valence-electron chi connectivity index (χ0n) is 21.0. The lowest BCUT2D eigenvalue weighted by atomic mass is 9.71. The van der Waals surface area contributed by atoms with Crippen LogP contribution in [0.2, 0.25) is 0 Å². The molecular weight excluding hydrogens is 418 g/mol. The summed E-state index contributed by atoms with van der Waals surface area (Å²) in [5.74, 6) is -0.449. The molecule has 166 valence electrons. The minimum absolute atomic E-state index is 0.373. The number of benzene rings is 3. The smallest absolute Gasteiger partial charge is 0.200 e. The molecule has 0 amide bonds. The standard InChI is InChI=1S/C31H32NS/c1-20-7-5-6-8-25(20)28-18-27-26-16-23-10-9-22(21-11-13-31(2,3)14-12-21)15-24(23)17-29(26)33-30(27)19-32(28)4/h5-10,15-19,21H,11-14H2,1-4H3/q+1/i21D. The van der Waals surface area contributed by atoms with Gasteiger partial charge in [-0.15, -0.1) is 11.3 Å². The molecule has 0 spiro atoms. The van der Waals surface area contributed by atoms with Gasteiger partial charge in [-0.1, -0.05) is 50.2 Å². The first kappa shape index (κ1) is 19.7. The SMILES string of the molecule is [2H]C1(c2ccc3cc4c(cc3c2)sc2c[n+](C)c(-c3ccccc3C)cc24)CCC(C)(C)CC1. The molecule has 0 saturated heterocycles. The molecule has 1 aliphatic rings. The van der Waals surface area contributed by atoms with Crippen molar-refractivity contribution in [2.24, 2.45) is 12.5 Å². The number of nitrogens with zero attached hydrogens (tertiary/aromatic N) is 1. The van der Waals surface area contributed by atoms with Gasteiger partial charge in [-0.25, -0.2) is 0 Å². The van der Waals surface area contributed by atoms with Crippen molar-refractivity contribution in [3.8, 4) is 11.3 Å². The summed E-state index contributed by atoms with van der Waals surface area (Å²) in [4.78, 5) is 0. The van der Waals surface area contributed by atoms with Gasteiger partial charge in [-0.2, -0.15) is 4.57 Å². The Kier molecular flexibility index (Phi) is 4.59. The van der Waals surface area contributed by atoms with Gasteiger partial charge in [0.15, 0.2) is 6.20 Å². The molecule has 6 rings (SSSR count). The van der Waals surface area contributed by atoms with Crippen molar-refractivity contribution in [1.29, 1.82) is 0 Å².